The molecule has 2 aliphatic rings. The molecular formula is C20H27ClN2O3. The van der Waals surface area contributed by atoms with E-state index >= 15 is 0 Å². The van der Waals surface area contributed by atoms with Crippen molar-refractivity contribution in [1.82, 2.24) is 10.2 Å². The second-order valence-corrected chi connectivity index (χ2v) is 8.56. The first-order chi connectivity index (χ1) is 12.2. The highest BCUT2D eigenvalue weighted by atomic mass is 35.5. The van der Waals surface area contributed by atoms with Gasteiger partial charge in [0.2, 0.25) is 5.91 Å². The first kappa shape index (κ1) is 19.2. The van der Waals surface area contributed by atoms with Crippen molar-refractivity contribution in [2.24, 2.45) is 5.92 Å². The fourth-order valence-corrected chi connectivity index (χ4v) is 3.99. The number of amides is 2. The van der Waals surface area contributed by atoms with Crippen LogP contribution >= 0.6 is 11.6 Å². The number of ether oxygens (including phenoxy) is 1. The van der Waals surface area contributed by atoms with Crippen molar-refractivity contribution in [1.29, 1.82) is 0 Å². The summed E-state index contributed by atoms with van der Waals surface area (Å²) >= 11 is 5.92. The first-order valence-electron chi connectivity index (χ1n) is 9.24. The van der Waals surface area contributed by atoms with E-state index in [2.05, 4.69) is 12.2 Å². The van der Waals surface area contributed by atoms with Gasteiger partial charge in [-0.05, 0) is 56.7 Å². The predicted octanol–water partition coefficient (Wildman–Crippen LogP) is 3.15. The van der Waals surface area contributed by atoms with Crippen LogP contribution in [0, 0.1) is 5.92 Å². The van der Waals surface area contributed by atoms with Crippen molar-refractivity contribution in [3.63, 3.8) is 0 Å². The van der Waals surface area contributed by atoms with E-state index < -0.39 is 11.3 Å². The second-order valence-electron chi connectivity index (χ2n) is 8.12. The van der Waals surface area contributed by atoms with Gasteiger partial charge in [-0.3, -0.25) is 9.59 Å². The van der Waals surface area contributed by atoms with Crippen LogP contribution in [-0.4, -0.2) is 41.1 Å². The maximum atomic E-state index is 12.8. The highest BCUT2D eigenvalue weighted by Crippen LogP contribution is 2.34. The highest BCUT2D eigenvalue weighted by Gasteiger charge is 2.52. The minimum atomic E-state index is -0.839. The van der Waals surface area contributed by atoms with Crippen molar-refractivity contribution in [2.45, 2.75) is 57.8 Å². The number of carbonyl (C=O) groups is 2. The van der Waals surface area contributed by atoms with Gasteiger partial charge in [-0.2, -0.15) is 0 Å². The Morgan fingerprint density at radius 3 is 2.65 bits per heavy atom. The summed E-state index contributed by atoms with van der Waals surface area (Å²) in [5.41, 5.74) is -0.389. The number of nitrogens with one attached hydrogen (secondary N) is 1. The third kappa shape index (κ3) is 4.21. The number of hydrogen-bond acceptors (Lipinski definition) is 3. The summed E-state index contributed by atoms with van der Waals surface area (Å²) in [6.07, 6.45) is 2.89. The number of hydrogen-bond donors (Lipinski definition) is 1. The van der Waals surface area contributed by atoms with Gasteiger partial charge in [-0.1, -0.05) is 30.7 Å². The molecule has 2 aliphatic heterocycles. The van der Waals surface area contributed by atoms with E-state index in [1.54, 1.807) is 13.8 Å². The van der Waals surface area contributed by atoms with E-state index in [1.165, 1.54) is 5.56 Å². The number of benzene rings is 1. The Morgan fingerprint density at radius 2 is 2.04 bits per heavy atom. The number of rotatable bonds is 4. The molecule has 2 heterocycles. The molecule has 0 bridgehead atoms. The molecule has 2 amide bonds. The molecule has 142 valence electrons. The van der Waals surface area contributed by atoms with E-state index in [0.717, 1.165) is 24.3 Å². The SMILES string of the molecule is CC(CC(=O)N1CCCC2(C1)NC(=O)C(C)(C)O2)Cc1ccc(Cl)cc1. The van der Waals surface area contributed by atoms with Crippen molar-refractivity contribution < 1.29 is 14.3 Å². The standard InChI is InChI=1S/C20H27ClN2O3/c1-14(11-15-5-7-16(21)8-6-15)12-17(24)23-10-4-9-20(13-23)22-18(25)19(2,3)26-20/h5-8,14H,4,9-13H2,1-3H3,(H,22,25). The molecule has 6 heteroatoms. The topological polar surface area (TPSA) is 58.6 Å². The Bertz CT molecular complexity index is 689. The number of halogens is 1. The summed E-state index contributed by atoms with van der Waals surface area (Å²) in [5, 5.41) is 3.70. The summed E-state index contributed by atoms with van der Waals surface area (Å²) in [5.74, 6) is 0.244. The van der Waals surface area contributed by atoms with Crippen LogP contribution in [0.5, 0.6) is 0 Å². The summed E-state index contributed by atoms with van der Waals surface area (Å²) in [6, 6.07) is 7.76. The smallest absolute Gasteiger partial charge is 0.254 e. The molecule has 5 nitrogen and oxygen atoms in total. The average Bonchev–Trinajstić information content (AvgIpc) is 2.77. The lowest BCUT2D eigenvalue weighted by Crippen LogP contribution is -2.57. The molecule has 1 aromatic rings. The number of carbonyl (C=O) groups excluding carboxylic acids is 2. The van der Waals surface area contributed by atoms with Gasteiger partial charge in [0.15, 0.2) is 5.72 Å². The minimum absolute atomic E-state index is 0.108. The molecule has 2 fully saturated rings. The molecular weight excluding hydrogens is 352 g/mol. The number of piperidine rings is 1. The normalized spacial score (nSPS) is 26.0. The molecule has 3 rings (SSSR count). The van der Waals surface area contributed by atoms with E-state index in [9.17, 15) is 9.59 Å². The zero-order valence-corrected chi connectivity index (χ0v) is 16.4. The largest absolute Gasteiger partial charge is 0.338 e. The molecule has 1 spiro atoms. The molecule has 0 radical (unpaired) electrons. The van der Waals surface area contributed by atoms with Crippen LogP contribution in [-0.2, 0) is 20.7 Å². The van der Waals surface area contributed by atoms with Gasteiger partial charge >= 0.3 is 0 Å². The van der Waals surface area contributed by atoms with Crippen molar-refractivity contribution in [3.05, 3.63) is 34.9 Å². The summed E-state index contributed by atoms with van der Waals surface area (Å²) in [6.45, 7) is 6.77. The average molecular weight is 379 g/mol. The van der Waals surface area contributed by atoms with Gasteiger partial charge in [0, 0.05) is 18.0 Å². The fourth-order valence-electron chi connectivity index (χ4n) is 3.86. The minimum Gasteiger partial charge on any atom is -0.338 e. The maximum absolute atomic E-state index is 12.8. The van der Waals surface area contributed by atoms with Crippen LogP contribution < -0.4 is 5.32 Å². The van der Waals surface area contributed by atoms with Crippen LogP contribution in [0.1, 0.15) is 45.6 Å². The molecule has 1 aromatic carbocycles. The monoisotopic (exact) mass is 378 g/mol. The van der Waals surface area contributed by atoms with Gasteiger partial charge in [0.05, 0.1) is 6.54 Å². The van der Waals surface area contributed by atoms with Gasteiger partial charge in [-0.25, -0.2) is 0 Å². The van der Waals surface area contributed by atoms with Crippen LogP contribution in [0.25, 0.3) is 0 Å². The molecule has 2 unspecified atom stereocenters. The Labute approximate surface area is 160 Å². The maximum Gasteiger partial charge on any atom is 0.254 e. The van der Waals surface area contributed by atoms with Crippen molar-refractivity contribution >= 4 is 23.4 Å². The predicted molar refractivity (Wildman–Crippen MR) is 101 cm³/mol. The van der Waals surface area contributed by atoms with E-state index in [-0.39, 0.29) is 17.7 Å². The Morgan fingerprint density at radius 1 is 1.35 bits per heavy atom. The van der Waals surface area contributed by atoms with Gasteiger partial charge in [0.1, 0.15) is 5.60 Å². The lowest BCUT2D eigenvalue weighted by Gasteiger charge is -2.40. The zero-order valence-electron chi connectivity index (χ0n) is 15.7. The van der Waals surface area contributed by atoms with E-state index in [0.29, 0.717) is 19.5 Å². The highest BCUT2D eigenvalue weighted by molar-refractivity contribution is 6.30. The number of likely N-dealkylation sites (tertiary alicyclic amines) is 1. The van der Waals surface area contributed by atoms with Crippen molar-refractivity contribution in [2.75, 3.05) is 13.1 Å². The summed E-state index contributed by atoms with van der Waals surface area (Å²) in [4.78, 5) is 26.7. The van der Waals surface area contributed by atoms with Crippen LogP contribution in [0.2, 0.25) is 5.02 Å². The molecule has 2 atom stereocenters. The summed E-state index contributed by atoms with van der Waals surface area (Å²) < 4.78 is 6.01. The van der Waals surface area contributed by atoms with Crippen molar-refractivity contribution in [3.8, 4) is 0 Å². The van der Waals surface area contributed by atoms with Gasteiger partial charge in [0.25, 0.3) is 5.91 Å². The van der Waals surface area contributed by atoms with Crippen LogP contribution in [0.3, 0.4) is 0 Å². The Kier molecular flexibility index (Phi) is 5.31. The third-order valence-electron chi connectivity index (χ3n) is 5.17. The second kappa shape index (κ2) is 7.20. The Hall–Kier alpha value is -1.59. The molecule has 26 heavy (non-hydrogen) atoms. The molecule has 1 N–H and O–H groups in total. The Balaban J connectivity index is 1.57. The molecule has 0 saturated carbocycles. The van der Waals surface area contributed by atoms with Gasteiger partial charge < -0.3 is 15.0 Å². The zero-order chi connectivity index (χ0) is 18.9. The lowest BCUT2D eigenvalue weighted by molar-refractivity contribution is -0.153. The van der Waals surface area contributed by atoms with Crippen LogP contribution in [0.15, 0.2) is 24.3 Å². The number of nitrogens with zero attached hydrogens (tertiary/aromatic N) is 1. The van der Waals surface area contributed by atoms with E-state index in [4.69, 9.17) is 16.3 Å². The molecule has 0 aliphatic carbocycles. The summed E-state index contributed by atoms with van der Waals surface area (Å²) in [7, 11) is 0. The lowest BCUT2D eigenvalue weighted by atomic mass is 9.96. The van der Waals surface area contributed by atoms with Gasteiger partial charge in [-0.15, -0.1) is 0 Å². The van der Waals surface area contributed by atoms with Crippen LogP contribution in [0.4, 0.5) is 0 Å². The quantitative estimate of drug-likeness (QED) is 0.875. The molecule has 2 saturated heterocycles. The van der Waals surface area contributed by atoms with E-state index in [1.807, 2.05) is 29.2 Å². The fraction of sp³-hybridized carbons (Fsp3) is 0.600. The molecule has 0 aromatic heterocycles. The first-order valence-corrected chi connectivity index (χ1v) is 9.62. The third-order valence-corrected chi connectivity index (χ3v) is 5.42.